The molecule has 1 atom stereocenters. The standard InChI is InChI=1S/C17H19N7O6/c1-12(20-21-14-4-2-3-6-22(14)7-5-15(25)26)19-18-10-13(16(27)28)23-8-9-24(11-23)17(29)30/h2-4,6,8-9,11,13H,5,7,10H2,1H3,(H2-,25,26,27,28,29,30)/p+1. The third-order valence-electron chi connectivity index (χ3n) is 3.77. The summed E-state index contributed by atoms with van der Waals surface area (Å²) in [5, 5.41) is 42.6. The number of pyridine rings is 1. The van der Waals surface area contributed by atoms with Gasteiger partial charge in [0, 0.05) is 12.7 Å². The van der Waals surface area contributed by atoms with Gasteiger partial charge >= 0.3 is 18.0 Å². The SMILES string of the molecule is CC(N=NCC(C(=O)O)[n+]1ccn(C(=O)O)c1)=NN=c1ccccn1CCC(=O)O. The van der Waals surface area contributed by atoms with Crippen LogP contribution in [0.15, 0.2) is 63.5 Å². The van der Waals surface area contributed by atoms with Crippen LogP contribution in [-0.4, -0.2) is 54.9 Å². The topological polar surface area (TPSA) is 175 Å². The molecule has 0 bridgehead atoms. The van der Waals surface area contributed by atoms with Gasteiger partial charge in [-0.2, -0.15) is 9.91 Å². The first-order chi connectivity index (χ1) is 14.3. The largest absolute Gasteiger partial charge is 0.509 e. The van der Waals surface area contributed by atoms with E-state index in [0.717, 1.165) is 10.9 Å². The van der Waals surface area contributed by atoms with E-state index in [2.05, 4.69) is 20.4 Å². The van der Waals surface area contributed by atoms with Crippen molar-refractivity contribution in [3.8, 4) is 0 Å². The Morgan fingerprint density at radius 3 is 2.57 bits per heavy atom. The molecule has 2 aromatic heterocycles. The molecule has 0 aliphatic rings. The van der Waals surface area contributed by atoms with Crippen LogP contribution >= 0.6 is 0 Å². The van der Waals surface area contributed by atoms with Gasteiger partial charge in [0.25, 0.3) is 6.33 Å². The lowest BCUT2D eigenvalue weighted by Gasteiger charge is -2.04. The normalized spacial score (nSPS) is 13.5. The number of amidine groups is 1. The molecule has 30 heavy (non-hydrogen) atoms. The van der Waals surface area contributed by atoms with Crippen molar-refractivity contribution >= 4 is 23.9 Å². The second-order valence-corrected chi connectivity index (χ2v) is 5.97. The molecule has 2 heterocycles. The van der Waals surface area contributed by atoms with Gasteiger partial charge in [-0.3, -0.25) is 4.79 Å². The Kier molecular flexibility index (Phi) is 7.67. The summed E-state index contributed by atoms with van der Waals surface area (Å²) in [4.78, 5) is 33.1. The first kappa shape index (κ1) is 22.1. The van der Waals surface area contributed by atoms with Gasteiger partial charge in [-0.15, -0.1) is 19.9 Å². The molecule has 1 unspecified atom stereocenters. The maximum Gasteiger partial charge on any atom is 0.509 e. The molecule has 2 rings (SSSR count). The molecule has 0 aliphatic carbocycles. The Balaban J connectivity index is 2.10. The van der Waals surface area contributed by atoms with E-state index in [0.29, 0.717) is 5.49 Å². The number of carboxylic acids is 2. The smallest absolute Gasteiger partial charge is 0.481 e. The highest BCUT2D eigenvalue weighted by Gasteiger charge is 2.26. The highest BCUT2D eigenvalue weighted by molar-refractivity contribution is 5.79. The van der Waals surface area contributed by atoms with Crippen LogP contribution in [0.3, 0.4) is 0 Å². The number of aliphatic carboxylic acids is 2. The fourth-order valence-electron chi connectivity index (χ4n) is 2.29. The minimum absolute atomic E-state index is 0.0720. The zero-order chi connectivity index (χ0) is 22.1. The van der Waals surface area contributed by atoms with E-state index >= 15 is 0 Å². The van der Waals surface area contributed by atoms with Crippen molar-refractivity contribution in [1.82, 2.24) is 9.13 Å². The zero-order valence-electron chi connectivity index (χ0n) is 15.9. The van der Waals surface area contributed by atoms with E-state index in [1.54, 1.807) is 29.0 Å². The molecular formula is C17H20N7O6+. The molecule has 0 aromatic carbocycles. The first-order valence-corrected chi connectivity index (χ1v) is 8.66. The molecule has 0 radical (unpaired) electrons. The molecule has 0 saturated carbocycles. The number of rotatable bonds is 8. The maximum atomic E-state index is 11.4. The Labute approximate surface area is 169 Å². The Hall–Kier alpha value is -4.16. The minimum atomic E-state index is -1.24. The Bertz CT molecular complexity index is 1050. The fraction of sp³-hybridized carbons (Fsp3) is 0.294. The minimum Gasteiger partial charge on any atom is -0.481 e. The van der Waals surface area contributed by atoms with E-state index in [1.807, 2.05) is 0 Å². The van der Waals surface area contributed by atoms with Gasteiger partial charge < -0.3 is 19.9 Å². The first-order valence-electron chi connectivity index (χ1n) is 8.66. The molecule has 158 valence electrons. The van der Waals surface area contributed by atoms with E-state index < -0.39 is 24.1 Å². The molecule has 0 spiro atoms. The molecule has 2 aromatic rings. The lowest BCUT2D eigenvalue weighted by Crippen LogP contribution is -2.44. The predicted molar refractivity (Wildman–Crippen MR) is 99.8 cm³/mol. The Morgan fingerprint density at radius 1 is 1.17 bits per heavy atom. The van der Waals surface area contributed by atoms with Crippen LogP contribution in [0.2, 0.25) is 0 Å². The molecule has 13 heteroatoms. The van der Waals surface area contributed by atoms with Crippen molar-refractivity contribution in [3.63, 3.8) is 0 Å². The van der Waals surface area contributed by atoms with Crippen molar-refractivity contribution in [2.75, 3.05) is 6.54 Å². The van der Waals surface area contributed by atoms with Crippen molar-refractivity contribution in [1.29, 1.82) is 0 Å². The summed E-state index contributed by atoms with van der Waals surface area (Å²) in [6.45, 7) is 1.49. The number of carboxylic acid groups (broad SMARTS) is 3. The highest BCUT2D eigenvalue weighted by atomic mass is 16.4. The molecular weight excluding hydrogens is 398 g/mol. The van der Waals surface area contributed by atoms with Crippen LogP contribution in [0.1, 0.15) is 19.4 Å². The predicted octanol–water partition coefficient (Wildman–Crippen LogP) is 0.590. The van der Waals surface area contributed by atoms with E-state index in [1.165, 1.54) is 23.9 Å². The van der Waals surface area contributed by atoms with Crippen LogP contribution in [0.5, 0.6) is 0 Å². The monoisotopic (exact) mass is 418 g/mol. The third kappa shape index (κ3) is 6.47. The summed E-state index contributed by atoms with van der Waals surface area (Å²) in [5.74, 6) is -1.98. The number of hydrogen-bond donors (Lipinski definition) is 3. The van der Waals surface area contributed by atoms with Crippen LogP contribution in [-0.2, 0) is 16.1 Å². The third-order valence-corrected chi connectivity index (χ3v) is 3.77. The summed E-state index contributed by atoms with van der Waals surface area (Å²) >= 11 is 0. The number of aryl methyl sites for hydroxylation is 1. The van der Waals surface area contributed by atoms with Gasteiger partial charge in [-0.05, 0) is 19.1 Å². The summed E-state index contributed by atoms with van der Waals surface area (Å²) < 4.78 is 3.63. The lowest BCUT2D eigenvalue weighted by molar-refractivity contribution is -0.707. The average molecular weight is 418 g/mol. The number of nitrogens with zero attached hydrogens (tertiary/aromatic N) is 7. The molecule has 0 amide bonds. The van der Waals surface area contributed by atoms with Crippen molar-refractivity contribution < 1.29 is 34.3 Å². The van der Waals surface area contributed by atoms with Gasteiger partial charge in [0.15, 0.2) is 11.3 Å². The molecule has 3 N–H and O–H groups in total. The van der Waals surface area contributed by atoms with Gasteiger partial charge in [-0.1, -0.05) is 6.07 Å². The average Bonchev–Trinajstić information content (AvgIpc) is 3.18. The van der Waals surface area contributed by atoms with Crippen LogP contribution in [0.4, 0.5) is 4.79 Å². The van der Waals surface area contributed by atoms with Crippen LogP contribution < -0.4 is 10.1 Å². The van der Waals surface area contributed by atoms with Crippen molar-refractivity contribution in [2.45, 2.75) is 25.9 Å². The summed E-state index contributed by atoms with van der Waals surface area (Å²) in [7, 11) is 0. The zero-order valence-corrected chi connectivity index (χ0v) is 15.9. The van der Waals surface area contributed by atoms with Crippen LogP contribution in [0, 0.1) is 0 Å². The highest BCUT2D eigenvalue weighted by Crippen LogP contribution is 2.00. The number of carbonyl (C=O) groups is 3. The van der Waals surface area contributed by atoms with Gasteiger partial charge in [0.1, 0.15) is 18.9 Å². The van der Waals surface area contributed by atoms with E-state index in [9.17, 15) is 19.5 Å². The van der Waals surface area contributed by atoms with E-state index in [4.69, 9.17) is 10.2 Å². The summed E-state index contributed by atoms with van der Waals surface area (Å²) in [6.07, 6.45) is 4.00. The number of imidazole rings is 1. The van der Waals surface area contributed by atoms with Gasteiger partial charge in [0.2, 0.25) is 6.04 Å². The van der Waals surface area contributed by atoms with Crippen molar-refractivity contribution in [3.05, 3.63) is 48.6 Å². The second-order valence-electron chi connectivity index (χ2n) is 5.97. The van der Waals surface area contributed by atoms with Crippen molar-refractivity contribution in [2.24, 2.45) is 20.4 Å². The summed E-state index contributed by atoms with van der Waals surface area (Å²) in [5.41, 5.74) is 0.419. The second kappa shape index (κ2) is 10.4. The maximum absolute atomic E-state index is 11.4. The van der Waals surface area contributed by atoms with Gasteiger partial charge in [0.05, 0.1) is 6.42 Å². The molecule has 0 saturated heterocycles. The molecule has 0 aliphatic heterocycles. The number of azo groups is 1. The quantitative estimate of drug-likeness (QED) is 0.186. The van der Waals surface area contributed by atoms with Gasteiger partial charge in [-0.25, -0.2) is 9.36 Å². The van der Waals surface area contributed by atoms with E-state index in [-0.39, 0.29) is 25.3 Å². The fourth-order valence-corrected chi connectivity index (χ4v) is 2.29. The van der Waals surface area contributed by atoms with Crippen LogP contribution in [0.25, 0.3) is 0 Å². The molecule has 0 fully saturated rings. The Morgan fingerprint density at radius 2 is 1.93 bits per heavy atom. The number of hydrogen-bond acceptors (Lipinski definition) is 6. The number of aromatic nitrogens is 3. The summed E-state index contributed by atoms with van der Waals surface area (Å²) in [6, 6.07) is 3.96. The molecule has 13 nitrogen and oxygen atoms in total. The lowest BCUT2D eigenvalue weighted by atomic mass is 10.3.